The van der Waals surface area contributed by atoms with Crippen LogP contribution < -0.4 is 16.4 Å². The normalized spacial score (nSPS) is 10.8. The molecule has 0 spiro atoms. The zero-order valence-corrected chi connectivity index (χ0v) is 14.1. The maximum Gasteiger partial charge on any atom is 0.316 e. The molecular weight excluding hydrogens is 318 g/mol. The van der Waals surface area contributed by atoms with E-state index < -0.39 is 11.1 Å². The maximum absolute atomic E-state index is 12.4. The molecule has 2 aromatic carbocycles. The second-order valence-corrected chi connectivity index (χ2v) is 5.91. The molecule has 1 heterocycles. The first kappa shape index (κ1) is 16.7. The van der Waals surface area contributed by atoms with Gasteiger partial charge in [-0.2, -0.15) is 0 Å². The molecule has 0 radical (unpaired) electrons. The minimum absolute atomic E-state index is 0.237. The van der Waals surface area contributed by atoms with E-state index >= 15 is 0 Å². The Balaban J connectivity index is 1.88. The van der Waals surface area contributed by atoms with Crippen molar-refractivity contribution in [3.05, 3.63) is 79.9 Å². The summed E-state index contributed by atoms with van der Waals surface area (Å²) in [5, 5.41) is 2.86. The van der Waals surface area contributed by atoms with Gasteiger partial charge >= 0.3 is 11.1 Å². The molecule has 0 aliphatic heterocycles. The van der Waals surface area contributed by atoms with Gasteiger partial charge in [0.05, 0.1) is 11.0 Å². The first-order valence-electron chi connectivity index (χ1n) is 8.10. The molecule has 128 valence electrons. The van der Waals surface area contributed by atoms with Gasteiger partial charge in [0.15, 0.2) is 0 Å². The van der Waals surface area contributed by atoms with Crippen molar-refractivity contribution >= 4 is 16.9 Å². The quantitative estimate of drug-likeness (QED) is 0.714. The fourth-order valence-electron chi connectivity index (χ4n) is 2.84. The van der Waals surface area contributed by atoms with Crippen molar-refractivity contribution in [3.8, 4) is 0 Å². The summed E-state index contributed by atoms with van der Waals surface area (Å²) in [5.74, 6) is -0.237. The number of fused-ring (bicyclic) bond motifs is 1. The number of nitrogens with one attached hydrogen (secondary N) is 2. The molecular formula is C19H19N3O3. The van der Waals surface area contributed by atoms with Gasteiger partial charge in [-0.1, -0.05) is 29.8 Å². The van der Waals surface area contributed by atoms with Gasteiger partial charge in [0.25, 0.3) is 5.91 Å². The molecule has 0 saturated heterocycles. The third-order valence-corrected chi connectivity index (χ3v) is 4.09. The Labute approximate surface area is 144 Å². The standard InChI is InChI=1S/C19H19N3O3/c1-3-22-16-8-7-14(10-15(16)21-18(24)19(22)25)17(23)20-11-13-6-4-5-12(2)9-13/h4-10H,3,11H2,1-2H3,(H,20,23)(H,21,24). The predicted molar refractivity (Wildman–Crippen MR) is 96.9 cm³/mol. The number of H-pyrrole nitrogens is 1. The fraction of sp³-hybridized carbons (Fsp3) is 0.211. The van der Waals surface area contributed by atoms with Crippen LogP contribution in [-0.4, -0.2) is 15.5 Å². The van der Waals surface area contributed by atoms with Gasteiger partial charge in [0, 0.05) is 18.7 Å². The summed E-state index contributed by atoms with van der Waals surface area (Å²) in [6.45, 7) is 4.60. The average molecular weight is 337 g/mol. The van der Waals surface area contributed by atoms with Crippen molar-refractivity contribution in [3.63, 3.8) is 0 Å². The van der Waals surface area contributed by atoms with Crippen LogP contribution in [0.2, 0.25) is 0 Å². The Morgan fingerprint density at radius 1 is 1.16 bits per heavy atom. The predicted octanol–water partition coefficient (Wildman–Crippen LogP) is 1.95. The Morgan fingerprint density at radius 2 is 1.96 bits per heavy atom. The van der Waals surface area contributed by atoms with Crippen LogP contribution in [0.1, 0.15) is 28.4 Å². The van der Waals surface area contributed by atoms with Crippen molar-refractivity contribution in [2.75, 3.05) is 0 Å². The second-order valence-electron chi connectivity index (χ2n) is 5.91. The van der Waals surface area contributed by atoms with Crippen LogP contribution in [0.25, 0.3) is 11.0 Å². The molecule has 1 amide bonds. The monoisotopic (exact) mass is 337 g/mol. The highest BCUT2D eigenvalue weighted by Gasteiger charge is 2.10. The zero-order valence-electron chi connectivity index (χ0n) is 14.1. The van der Waals surface area contributed by atoms with E-state index in [1.807, 2.05) is 31.2 Å². The number of rotatable bonds is 4. The minimum Gasteiger partial charge on any atom is -0.348 e. The number of carbonyl (C=O) groups excluding carboxylic acids is 1. The van der Waals surface area contributed by atoms with Gasteiger partial charge in [-0.05, 0) is 37.6 Å². The van der Waals surface area contributed by atoms with Crippen molar-refractivity contribution < 1.29 is 4.79 Å². The van der Waals surface area contributed by atoms with Crippen LogP contribution in [0, 0.1) is 6.92 Å². The van der Waals surface area contributed by atoms with E-state index in [4.69, 9.17) is 0 Å². The summed E-state index contributed by atoms with van der Waals surface area (Å²) < 4.78 is 1.39. The average Bonchev–Trinajstić information content (AvgIpc) is 2.60. The lowest BCUT2D eigenvalue weighted by molar-refractivity contribution is 0.0951. The van der Waals surface area contributed by atoms with Crippen molar-refractivity contribution in [2.45, 2.75) is 26.9 Å². The number of hydrogen-bond acceptors (Lipinski definition) is 3. The molecule has 0 fully saturated rings. The van der Waals surface area contributed by atoms with Crippen molar-refractivity contribution in [1.82, 2.24) is 14.9 Å². The van der Waals surface area contributed by atoms with Crippen LogP contribution in [0.3, 0.4) is 0 Å². The first-order valence-corrected chi connectivity index (χ1v) is 8.10. The Bertz CT molecular complexity index is 1060. The van der Waals surface area contributed by atoms with E-state index in [9.17, 15) is 14.4 Å². The third-order valence-electron chi connectivity index (χ3n) is 4.09. The van der Waals surface area contributed by atoms with E-state index in [2.05, 4.69) is 10.3 Å². The lowest BCUT2D eigenvalue weighted by Gasteiger charge is -2.09. The Kier molecular flexibility index (Phi) is 4.52. The minimum atomic E-state index is -0.688. The smallest absolute Gasteiger partial charge is 0.316 e. The number of carbonyl (C=O) groups is 1. The Hall–Kier alpha value is -3.15. The van der Waals surface area contributed by atoms with Crippen LogP contribution >= 0.6 is 0 Å². The molecule has 0 aliphatic rings. The molecule has 0 atom stereocenters. The summed E-state index contributed by atoms with van der Waals surface area (Å²) in [7, 11) is 0. The number of nitrogens with zero attached hydrogens (tertiary/aromatic N) is 1. The topological polar surface area (TPSA) is 84.0 Å². The van der Waals surface area contributed by atoms with Gasteiger partial charge in [0.1, 0.15) is 0 Å². The van der Waals surface area contributed by atoms with E-state index in [0.29, 0.717) is 29.7 Å². The van der Waals surface area contributed by atoms with Gasteiger partial charge in [-0.25, -0.2) is 0 Å². The number of amides is 1. The van der Waals surface area contributed by atoms with Gasteiger partial charge in [0.2, 0.25) is 0 Å². The molecule has 0 saturated carbocycles. The number of benzene rings is 2. The molecule has 6 heteroatoms. The molecule has 0 aliphatic carbocycles. The third kappa shape index (κ3) is 3.38. The Morgan fingerprint density at radius 3 is 2.68 bits per heavy atom. The summed E-state index contributed by atoms with van der Waals surface area (Å²) in [6.07, 6.45) is 0. The number of aromatic amines is 1. The molecule has 0 unspecified atom stereocenters. The summed E-state index contributed by atoms with van der Waals surface area (Å²) in [4.78, 5) is 38.5. The van der Waals surface area contributed by atoms with Gasteiger partial charge < -0.3 is 14.9 Å². The molecule has 2 N–H and O–H groups in total. The van der Waals surface area contributed by atoms with Crippen LogP contribution in [0.5, 0.6) is 0 Å². The summed E-state index contributed by atoms with van der Waals surface area (Å²) in [5.41, 5.74) is 2.36. The van der Waals surface area contributed by atoms with E-state index in [-0.39, 0.29) is 5.91 Å². The largest absolute Gasteiger partial charge is 0.348 e. The van der Waals surface area contributed by atoms with Gasteiger partial charge in [-0.15, -0.1) is 0 Å². The van der Waals surface area contributed by atoms with E-state index in [1.54, 1.807) is 25.1 Å². The SMILES string of the molecule is CCn1c(=O)c(=O)[nH]c2cc(C(=O)NCc3cccc(C)c3)ccc21. The number of aromatic nitrogens is 2. The molecule has 3 aromatic rings. The van der Waals surface area contributed by atoms with E-state index in [0.717, 1.165) is 11.1 Å². The van der Waals surface area contributed by atoms with Crippen LogP contribution in [-0.2, 0) is 13.1 Å². The van der Waals surface area contributed by atoms with E-state index in [1.165, 1.54) is 4.57 Å². The highest BCUT2D eigenvalue weighted by Crippen LogP contribution is 2.12. The van der Waals surface area contributed by atoms with Crippen LogP contribution in [0.4, 0.5) is 0 Å². The van der Waals surface area contributed by atoms with Crippen molar-refractivity contribution in [1.29, 1.82) is 0 Å². The van der Waals surface area contributed by atoms with Gasteiger partial charge in [-0.3, -0.25) is 14.4 Å². The zero-order chi connectivity index (χ0) is 18.0. The number of aryl methyl sites for hydroxylation is 2. The number of hydrogen-bond donors (Lipinski definition) is 2. The molecule has 25 heavy (non-hydrogen) atoms. The fourth-order valence-corrected chi connectivity index (χ4v) is 2.84. The summed E-state index contributed by atoms with van der Waals surface area (Å²) >= 11 is 0. The lowest BCUT2D eigenvalue weighted by Crippen LogP contribution is -2.36. The summed E-state index contributed by atoms with van der Waals surface area (Å²) in [6, 6.07) is 12.8. The molecule has 1 aromatic heterocycles. The first-order chi connectivity index (χ1) is 12.0. The highest BCUT2D eigenvalue weighted by molar-refractivity contribution is 5.97. The maximum atomic E-state index is 12.4. The molecule has 6 nitrogen and oxygen atoms in total. The van der Waals surface area contributed by atoms with Crippen LogP contribution in [0.15, 0.2) is 52.1 Å². The second kappa shape index (κ2) is 6.76. The van der Waals surface area contributed by atoms with Crippen molar-refractivity contribution in [2.24, 2.45) is 0 Å². The molecule has 3 rings (SSSR count). The highest BCUT2D eigenvalue weighted by atomic mass is 16.2. The lowest BCUT2D eigenvalue weighted by atomic mass is 10.1. The molecule has 0 bridgehead atoms.